The predicted octanol–water partition coefficient (Wildman–Crippen LogP) is 3.21. The number of allylic oxidation sites excluding steroid dienone is 1. The molecule has 13 nitrogen and oxygen atoms in total. The fourth-order valence-electron chi connectivity index (χ4n) is 8.40. The second kappa shape index (κ2) is 16.1. The van der Waals surface area contributed by atoms with Gasteiger partial charge in [-0.25, -0.2) is 4.79 Å². The van der Waals surface area contributed by atoms with Gasteiger partial charge in [-0.3, -0.25) is 24.2 Å². The van der Waals surface area contributed by atoms with E-state index in [2.05, 4.69) is 23.3 Å². The number of hydrogen-bond acceptors (Lipinski definition) is 10. The second-order valence-electron chi connectivity index (χ2n) is 14.2. The molecule has 2 heterocycles. The van der Waals surface area contributed by atoms with Crippen molar-refractivity contribution in [3.8, 4) is 0 Å². The lowest BCUT2D eigenvalue weighted by Crippen LogP contribution is -2.53. The number of rotatable bonds is 16. The van der Waals surface area contributed by atoms with Crippen LogP contribution in [-0.2, 0) is 35.1 Å². The summed E-state index contributed by atoms with van der Waals surface area (Å²) in [5.74, 6) is -4.64. The minimum absolute atomic E-state index is 0.0174. The Labute approximate surface area is 295 Å². The molecular formula is C36H48N4O9S. The molecule has 2 amide bonds. The molecule has 1 aromatic rings. The van der Waals surface area contributed by atoms with Crippen LogP contribution < -0.4 is 16.4 Å². The number of aromatic nitrogens is 1. The predicted molar refractivity (Wildman–Crippen MR) is 184 cm³/mol. The first-order valence-electron chi connectivity index (χ1n) is 17.5. The molecular weight excluding hydrogens is 664 g/mol. The van der Waals surface area contributed by atoms with Gasteiger partial charge < -0.3 is 36.4 Å². The summed E-state index contributed by atoms with van der Waals surface area (Å²) in [5.41, 5.74) is 8.48. The number of carboxylic acids is 2. The van der Waals surface area contributed by atoms with E-state index in [1.165, 1.54) is 17.3 Å². The number of thioether (sulfide) groups is 1. The molecule has 1 aromatic heterocycles. The average molecular weight is 713 g/mol. The number of ether oxygens (including phenoxy) is 1. The molecule has 5 unspecified atom stereocenters. The van der Waals surface area contributed by atoms with Gasteiger partial charge in [-0.05, 0) is 85.5 Å². The third kappa shape index (κ3) is 8.24. The highest BCUT2D eigenvalue weighted by Gasteiger charge is 2.55. The second-order valence-corrected chi connectivity index (χ2v) is 15.3. The smallest absolute Gasteiger partial charge is 0.353 e. The van der Waals surface area contributed by atoms with Gasteiger partial charge in [-0.1, -0.05) is 44.3 Å². The Morgan fingerprint density at radius 1 is 1.04 bits per heavy atom. The van der Waals surface area contributed by atoms with Crippen LogP contribution in [0.15, 0.2) is 47.5 Å². The standard InChI is InChI=1S/C36H48N4O9S/c1-2-35(11-3-4-12-35)29(50-20-25(30(42)40-31(43)33(46)47)39-26(41)8-7-24(37)32(44)45)28-27-23(34(48)49-28)18-22(17-21-9-15-38-16-10-21)19-36(27)13-5-6-14-36/h9-10,15-16,18,23-25,29,31,43H,2-8,11-14,17,19-20,37H2,1H3,(H,39,41)(H,40,42)(H,44,45)(H,46,47). The van der Waals surface area contributed by atoms with Crippen LogP contribution in [0, 0.1) is 16.7 Å². The maximum Gasteiger partial charge on any atom is 0.353 e. The SMILES string of the molecule is CCC1(C(SCC(NC(=O)CCC(N)C(=O)O)C(=O)NC(O)C(=O)O)C2=C3C(C=C(Cc4ccncc4)CC34CCCC4)C(=O)O2)CCCC1. The first kappa shape index (κ1) is 37.5. The van der Waals surface area contributed by atoms with Gasteiger partial charge in [0.15, 0.2) is 0 Å². The van der Waals surface area contributed by atoms with E-state index in [1.807, 2.05) is 17.4 Å². The summed E-state index contributed by atoms with van der Waals surface area (Å²) < 4.78 is 6.34. The summed E-state index contributed by atoms with van der Waals surface area (Å²) in [7, 11) is 0. The molecule has 3 aliphatic carbocycles. The molecule has 0 radical (unpaired) electrons. The first-order valence-corrected chi connectivity index (χ1v) is 18.6. The van der Waals surface area contributed by atoms with Gasteiger partial charge in [0.05, 0.1) is 5.25 Å². The maximum absolute atomic E-state index is 13.8. The third-order valence-corrected chi connectivity index (χ3v) is 12.6. The van der Waals surface area contributed by atoms with Crippen LogP contribution in [-0.4, -0.2) is 79.3 Å². The number of nitrogens with zero attached hydrogens (tertiary/aromatic N) is 1. The minimum Gasteiger partial charge on any atom is -0.480 e. The lowest BCUT2D eigenvalue weighted by Gasteiger charge is -2.41. The van der Waals surface area contributed by atoms with E-state index in [9.17, 15) is 34.2 Å². The lowest BCUT2D eigenvalue weighted by atomic mass is 9.63. The van der Waals surface area contributed by atoms with Crippen molar-refractivity contribution in [1.82, 2.24) is 15.6 Å². The van der Waals surface area contributed by atoms with E-state index in [0.29, 0.717) is 5.76 Å². The summed E-state index contributed by atoms with van der Waals surface area (Å²) >= 11 is 1.40. The molecule has 4 aliphatic rings. The van der Waals surface area contributed by atoms with Gasteiger partial charge in [0.25, 0.3) is 0 Å². The number of carbonyl (C=O) groups is 5. The number of nitrogens with one attached hydrogen (secondary N) is 2. The highest BCUT2D eigenvalue weighted by atomic mass is 32.2. The number of aliphatic hydroxyl groups excluding tert-OH is 1. The third-order valence-electron chi connectivity index (χ3n) is 11.0. The van der Waals surface area contributed by atoms with Crippen LogP contribution >= 0.6 is 11.8 Å². The van der Waals surface area contributed by atoms with E-state index in [1.54, 1.807) is 12.4 Å². The van der Waals surface area contributed by atoms with Gasteiger partial charge in [0, 0.05) is 24.6 Å². The molecule has 0 bridgehead atoms. The lowest BCUT2D eigenvalue weighted by molar-refractivity contribution is -0.151. The zero-order valence-corrected chi connectivity index (χ0v) is 29.2. The summed E-state index contributed by atoms with van der Waals surface area (Å²) in [6.45, 7) is 2.12. The Morgan fingerprint density at radius 2 is 1.70 bits per heavy atom. The molecule has 7 N–H and O–H groups in total. The largest absolute Gasteiger partial charge is 0.480 e. The number of aliphatic hydroxyl groups is 1. The molecule has 50 heavy (non-hydrogen) atoms. The Bertz CT molecular complexity index is 1520. The van der Waals surface area contributed by atoms with E-state index < -0.39 is 48.0 Å². The molecule has 5 rings (SSSR count). The van der Waals surface area contributed by atoms with Gasteiger partial charge in [-0.15, -0.1) is 11.8 Å². The molecule has 14 heteroatoms. The quantitative estimate of drug-likeness (QED) is 0.0827. The normalized spacial score (nSPS) is 23.0. The number of hydrogen-bond donors (Lipinski definition) is 6. The van der Waals surface area contributed by atoms with E-state index in [4.69, 9.17) is 15.6 Å². The molecule has 0 saturated heterocycles. The Kier molecular flexibility index (Phi) is 12.1. The van der Waals surface area contributed by atoms with Crippen LogP contribution in [0.4, 0.5) is 0 Å². The Hall–Kier alpha value is -3.75. The van der Waals surface area contributed by atoms with Crippen LogP contribution in [0.2, 0.25) is 0 Å². The minimum atomic E-state index is -2.20. The summed E-state index contributed by atoms with van der Waals surface area (Å²) in [4.78, 5) is 66.7. The van der Waals surface area contributed by atoms with Crippen LogP contribution in [0.25, 0.3) is 0 Å². The molecule has 2 fully saturated rings. The topological polar surface area (TPSA) is 218 Å². The fraction of sp³-hybridized carbons (Fsp3) is 0.611. The number of carbonyl (C=O) groups excluding carboxylic acids is 3. The fourth-order valence-corrected chi connectivity index (χ4v) is 10.1. The molecule has 272 valence electrons. The van der Waals surface area contributed by atoms with Crippen molar-refractivity contribution in [2.24, 2.45) is 22.5 Å². The molecule has 2 saturated carbocycles. The molecule has 5 atom stereocenters. The van der Waals surface area contributed by atoms with Crippen molar-refractivity contribution in [3.63, 3.8) is 0 Å². The van der Waals surface area contributed by atoms with Crippen LogP contribution in [0.5, 0.6) is 0 Å². The van der Waals surface area contributed by atoms with E-state index in [0.717, 1.165) is 81.8 Å². The van der Waals surface area contributed by atoms with Gasteiger partial charge in [0.2, 0.25) is 18.0 Å². The zero-order valence-electron chi connectivity index (χ0n) is 28.4. The summed E-state index contributed by atoms with van der Waals surface area (Å²) in [5, 5.41) is 32.5. The molecule has 1 aliphatic heterocycles. The molecule has 0 aromatic carbocycles. The number of nitrogens with two attached hydrogens (primary N) is 1. The Morgan fingerprint density at radius 3 is 2.32 bits per heavy atom. The van der Waals surface area contributed by atoms with E-state index in [-0.39, 0.29) is 40.6 Å². The van der Waals surface area contributed by atoms with Crippen molar-refractivity contribution in [2.45, 2.75) is 114 Å². The molecule has 1 spiro atoms. The van der Waals surface area contributed by atoms with Crippen molar-refractivity contribution >= 4 is 41.5 Å². The zero-order chi connectivity index (χ0) is 36.1. The highest BCUT2D eigenvalue weighted by molar-refractivity contribution is 8.00. The average Bonchev–Trinajstić information content (AvgIpc) is 3.84. The number of pyridine rings is 1. The van der Waals surface area contributed by atoms with Crippen molar-refractivity contribution in [1.29, 1.82) is 0 Å². The number of aliphatic carboxylic acids is 2. The maximum atomic E-state index is 13.8. The monoisotopic (exact) mass is 712 g/mol. The van der Waals surface area contributed by atoms with Crippen molar-refractivity contribution in [3.05, 3.63) is 53.1 Å². The van der Waals surface area contributed by atoms with Gasteiger partial charge in [0.1, 0.15) is 23.8 Å². The van der Waals surface area contributed by atoms with Crippen molar-refractivity contribution in [2.75, 3.05) is 5.75 Å². The first-order chi connectivity index (χ1) is 23.9. The number of amides is 2. The van der Waals surface area contributed by atoms with Crippen molar-refractivity contribution < 1.29 is 44.0 Å². The summed E-state index contributed by atoms with van der Waals surface area (Å²) in [6.07, 6.45) is 13.1. The number of carboxylic acid groups (broad SMARTS) is 2. The van der Waals surface area contributed by atoms with Gasteiger partial charge in [-0.2, -0.15) is 0 Å². The van der Waals surface area contributed by atoms with Gasteiger partial charge >= 0.3 is 17.9 Å². The van der Waals surface area contributed by atoms with E-state index >= 15 is 0 Å². The van der Waals surface area contributed by atoms with Crippen LogP contribution in [0.1, 0.15) is 89.5 Å². The number of fused-ring (bicyclic) bond motifs is 2. The van der Waals surface area contributed by atoms with Crippen LogP contribution in [0.3, 0.4) is 0 Å². The highest BCUT2D eigenvalue weighted by Crippen LogP contribution is 2.61. The number of cyclic esters (lactones) is 1. The Balaban J connectivity index is 1.48. The summed E-state index contributed by atoms with van der Waals surface area (Å²) in [6, 6.07) is 1.43. The number of esters is 1.